The highest BCUT2D eigenvalue weighted by Gasteiger charge is 2.26. The molecule has 8 nitrogen and oxygen atoms in total. The molecule has 0 bridgehead atoms. The summed E-state index contributed by atoms with van der Waals surface area (Å²) in [7, 11) is -2.96. The van der Waals surface area contributed by atoms with Crippen LogP contribution in [0.1, 0.15) is 5.56 Å². The first-order valence-corrected chi connectivity index (χ1v) is 12.4. The quantitative estimate of drug-likeness (QED) is 0.218. The van der Waals surface area contributed by atoms with Crippen LogP contribution >= 0.6 is 11.6 Å². The van der Waals surface area contributed by atoms with Gasteiger partial charge in [-0.15, -0.1) is 0 Å². The van der Waals surface area contributed by atoms with Crippen LogP contribution in [0, 0.1) is 23.3 Å². The van der Waals surface area contributed by atoms with Gasteiger partial charge in [0.15, 0.2) is 17.4 Å². The highest BCUT2D eigenvalue weighted by molar-refractivity contribution is 7.91. The van der Waals surface area contributed by atoms with Gasteiger partial charge in [-0.25, -0.2) is 36.5 Å². The maximum Gasteiger partial charge on any atom is 0.237 e. The van der Waals surface area contributed by atoms with E-state index in [2.05, 4.69) is 20.3 Å². The predicted octanol–water partition coefficient (Wildman–Crippen LogP) is 5.52. The number of hydrogen-bond donors (Lipinski definition) is 2. The highest BCUT2D eigenvalue weighted by Crippen LogP contribution is 2.36. The molecular weight excluding hydrogens is 538 g/mol. The van der Waals surface area contributed by atoms with Crippen molar-refractivity contribution in [2.45, 2.75) is 5.75 Å². The van der Waals surface area contributed by atoms with Crippen molar-refractivity contribution in [3.8, 4) is 22.9 Å². The SMILES string of the molecule is CNc1nccc(-c2cccnc2Oc2cc(F)c(NS(=O)(=O)Cc3ccc(Cl)cc3F)c(F)c2F)n1. The lowest BCUT2D eigenvalue weighted by Gasteiger charge is -2.14. The molecule has 192 valence electrons. The van der Waals surface area contributed by atoms with Gasteiger partial charge in [0.25, 0.3) is 0 Å². The molecule has 0 aliphatic heterocycles. The average Bonchev–Trinajstić information content (AvgIpc) is 2.87. The van der Waals surface area contributed by atoms with Crippen molar-refractivity contribution in [2.24, 2.45) is 0 Å². The number of sulfonamides is 1. The number of aromatic nitrogens is 3. The fourth-order valence-corrected chi connectivity index (χ4v) is 4.55. The number of pyridine rings is 1. The molecule has 0 saturated heterocycles. The molecule has 0 radical (unpaired) electrons. The summed E-state index contributed by atoms with van der Waals surface area (Å²) in [6.45, 7) is 0. The topological polar surface area (TPSA) is 106 Å². The van der Waals surface area contributed by atoms with Crippen LogP contribution in [0.2, 0.25) is 5.02 Å². The third-order valence-electron chi connectivity index (χ3n) is 4.88. The molecule has 0 aliphatic rings. The Morgan fingerprint density at radius 3 is 2.49 bits per heavy atom. The summed E-state index contributed by atoms with van der Waals surface area (Å²) in [5, 5.41) is 2.78. The Balaban J connectivity index is 1.63. The number of rotatable bonds is 8. The van der Waals surface area contributed by atoms with Gasteiger partial charge in [0, 0.05) is 36.1 Å². The normalized spacial score (nSPS) is 11.3. The smallest absolute Gasteiger partial charge is 0.237 e. The van der Waals surface area contributed by atoms with Crippen molar-refractivity contribution in [2.75, 3.05) is 17.1 Å². The number of benzene rings is 2. The van der Waals surface area contributed by atoms with Gasteiger partial charge in [0.05, 0.1) is 17.0 Å². The van der Waals surface area contributed by atoms with E-state index < -0.39 is 50.5 Å². The summed E-state index contributed by atoms with van der Waals surface area (Å²) in [5.74, 6) is -7.82. The zero-order valence-corrected chi connectivity index (χ0v) is 20.3. The second-order valence-electron chi connectivity index (χ2n) is 7.43. The molecule has 4 rings (SSSR count). The molecule has 2 heterocycles. The van der Waals surface area contributed by atoms with Gasteiger partial charge in [-0.05, 0) is 30.3 Å². The van der Waals surface area contributed by atoms with E-state index in [-0.39, 0.29) is 28.0 Å². The molecule has 0 saturated carbocycles. The maximum atomic E-state index is 14.9. The highest BCUT2D eigenvalue weighted by atomic mass is 35.5. The van der Waals surface area contributed by atoms with E-state index in [0.29, 0.717) is 11.8 Å². The number of halogens is 5. The van der Waals surface area contributed by atoms with Gasteiger partial charge >= 0.3 is 0 Å². The van der Waals surface area contributed by atoms with Gasteiger partial charge < -0.3 is 10.1 Å². The van der Waals surface area contributed by atoms with Crippen LogP contribution in [0.5, 0.6) is 11.6 Å². The molecule has 4 aromatic rings. The van der Waals surface area contributed by atoms with Crippen molar-refractivity contribution in [3.05, 3.63) is 88.7 Å². The Hall–Kier alpha value is -3.97. The minimum absolute atomic E-state index is 0.0274. The first-order chi connectivity index (χ1) is 17.6. The van der Waals surface area contributed by atoms with Crippen molar-refractivity contribution in [3.63, 3.8) is 0 Å². The van der Waals surface area contributed by atoms with Crippen molar-refractivity contribution < 1.29 is 30.7 Å². The van der Waals surface area contributed by atoms with E-state index in [1.54, 1.807) is 17.8 Å². The third-order valence-corrected chi connectivity index (χ3v) is 6.32. The van der Waals surface area contributed by atoms with Crippen LogP contribution in [0.15, 0.2) is 54.9 Å². The molecule has 0 atom stereocenters. The number of nitrogens with zero attached hydrogens (tertiary/aromatic N) is 3. The lowest BCUT2D eigenvalue weighted by Crippen LogP contribution is -2.18. The van der Waals surface area contributed by atoms with Gasteiger partial charge in [-0.2, -0.15) is 4.39 Å². The molecular formula is C23H16ClF4N5O3S. The molecule has 0 amide bonds. The molecule has 37 heavy (non-hydrogen) atoms. The Morgan fingerprint density at radius 1 is 0.973 bits per heavy atom. The molecule has 2 N–H and O–H groups in total. The van der Waals surface area contributed by atoms with E-state index in [0.717, 1.165) is 12.1 Å². The van der Waals surface area contributed by atoms with Crippen molar-refractivity contribution >= 4 is 33.3 Å². The Morgan fingerprint density at radius 2 is 1.76 bits per heavy atom. The molecule has 2 aromatic heterocycles. The fraction of sp³-hybridized carbons (Fsp3) is 0.0870. The minimum Gasteiger partial charge on any atom is -0.435 e. The number of ether oxygens (including phenoxy) is 1. The Labute approximate surface area is 213 Å². The zero-order chi connectivity index (χ0) is 26.7. The fourth-order valence-electron chi connectivity index (χ4n) is 3.18. The largest absolute Gasteiger partial charge is 0.435 e. The minimum atomic E-state index is -4.56. The lowest BCUT2D eigenvalue weighted by atomic mass is 10.2. The van der Waals surface area contributed by atoms with Gasteiger partial charge in [0.2, 0.25) is 27.7 Å². The summed E-state index contributed by atoms with van der Waals surface area (Å²) in [6.07, 6.45) is 2.75. The standard InChI is InChI=1S/C23H16ClF4N5O3S/c1-29-23-31-8-6-17(32-23)14-3-2-7-30-22(14)36-18-10-16(26)21(20(28)19(18)27)33-37(34,35)11-12-4-5-13(24)9-15(12)25/h2-10,33H,11H2,1H3,(H,29,31,32). The third kappa shape index (κ3) is 5.89. The first-order valence-electron chi connectivity index (χ1n) is 10.3. The monoisotopic (exact) mass is 553 g/mol. The molecule has 0 aliphatic carbocycles. The van der Waals surface area contributed by atoms with E-state index in [4.69, 9.17) is 16.3 Å². The van der Waals surface area contributed by atoms with Crippen LogP contribution < -0.4 is 14.8 Å². The number of nitrogens with one attached hydrogen (secondary N) is 2. The summed E-state index contributed by atoms with van der Waals surface area (Å²) in [6, 6.07) is 8.28. The second-order valence-corrected chi connectivity index (χ2v) is 9.59. The number of anilines is 2. The van der Waals surface area contributed by atoms with Crippen molar-refractivity contribution in [1.82, 2.24) is 15.0 Å². The van der Waals surface area contributed by atoms with Gasteiger partial charge in [-0.3, -0.25) is 4.72 Å². The Bertz CT molecular complexity index is 1590. The zero-order valence-electron chi connectivity index (χ0n) is 18.8. The van der Waals surface area contributed by atoms with E-state index >= 15 is 0 Å². The van der Waals surface area contributed by atoms with Gasteiger partial charge in [0.1, 0.15) is 11.5 Å². The molecule has 0 unspecified atom stereocenters. The molecule has 0 spiro atoms. The first kappa shape index (κ1) is 26.1. The Kier molecular flexibility index (Phi) is 7.45. The summed E-state index contributed by atoms with van der Waals surface area (Å²) in [4.78, 5) is 12.2. The molecule has 14 heteroatoms. The summed E-state index contributed by atoms with van der Waals surface area (Å²) in [5.41, 5.74) is -1.03. The summed E-state index contributed by atoms with van der Waals surface area (Å²) < 4.78 is 90.2. The van der Waals surface area contributed by atoms with Gasteiger partial charge in [-0.1, -0.05) is 17.7 Å². The van der Waals surface area contributed by atoms with Crippen molar-refractivity contribution in [1.29, 1.82) is 0 Å². The van der Waals surface area contributed by atoms with Crippen LogP contribution in [0.3, 0.4) is 0 Å². The molecule has 0 fully saturated rings. The van der Waals surface area contributed by atoms with Crippen LogP contribution in [0.4, 0.5) is 29.2 Å². The van der Waals surface area contributed by atoms with E-state index in [9.17, 15) is 26.0 Å². The van der Waals surface area contributed by atoms with Crippen LogP contribution in [0.25, 0.3) is 11.3 Å². The predicted molar refractivity (Wildman–Crippen MR) is 129 cm³/mol. The number of hydrogen-bond acceptors (Lipinski definition) is 7. The van der Waals surface area contributed by atoms with E-state index in [1.165, 1.54) is 30.6 Å². The molecule has 2 aromatic carbocycles. The summed E-state index contributed by atoms with van der Waals surface area (Å²) >= 11 is 5.64. The lowest BCUT2D eigenvalue weighted by molar-refractivity contribution is 0.401. The van der Waals surface area contributed by atoms with Crippen LogP contribution in [-0.4, -0.2) is 30.4 Å². The second kappa shape index (κ2) is 10.6. The van der Waals surface area contributed by atoms with Crippen LogP contribution in [-0.2, 0) is 15.8 Å². The maximum absolute atomic E-state index is 14.9. The average molecular weight is 554 g/mol. The van der Waals surface area contributed by atoms with E-state index in [1.807, 2.05) is 0 Å².